The molecule has 7 nitrogen and oxygen atoms in total. The summed E-state index contributed by atoms with van der Waals surface area (Å²) in [6.07, 6.45) is 0.0336. The van der Waals surface area contributed by atoms with Crippen molar-refractivity contribution in [2.45, 2.75) is 13.3 Å². The van der Waals surface area contributed by atoms with Gasteiger partial charge >= 0.3 is 5.97 Å². The van der Waals surface area contributed by atoms with Crippen molar-refractivity contribution in [3.63, 3.8) is 0 Å². The Hall–Kier alpha value is -3.91. The zero-order valence-electron chi connectivity index (χ0n) is 20.4. The van der Waals surface area contributed by atoms with Crippen molar-refractivity contribution >= 4 is 23.3 Å². The highest BCUT2D eigenvalue weighted by Crippen LogP contribution is 2.31. The van der Waals surface area contributed by atoms with E-state index in [-0.39, 0.29) is 29.8 Å². The predicted octanol–water partition coefficient (Wildman–Crippen LogP) is 4.70. The molecular formula is C28H29FN2O5. The van der Waals surface area contributed by atoms with E-state index < -0.39 is 17.7 Å². The second-order valence-corrected chi connectivity index (χ2v) is 8.32. The molecule has 36 heavy (non-hydrogen) atoms. The number of amides is 1. The van der Waals surface area contributed by atoms with E-state index in [4.69, 9.17) is 14.2 Å². The number of esters is 1. The first-order chi connectivity index (χ1) is 17.5. The first kappa shape index (κ1) is 25.2. The lowest BCUT2D eigenvalue weighted by Gasteiger charge is -2.29. The average Bonchev–Trinajstić information content (AvgIpc) is 2.89. The van der Waals surface area contributed by atoms with Crippen LogP contribution in [0, 0.1) is 5.82 Å². The summed E-state index contributed by atoms with van der Waals surface area (Å²) in [5.41, 5.74) is 2.76. The Kier molecular flexibility index (Phi) is 8.17. The lowest BCUT2D eigenvalue weighted by molar-refractivity contribution is -0.115. The molecule has 1 aliphatic rings. The molecule has 0 bridgehead atoms. The molecule has 1 N–H and O–H groups in total. The first-order valence-corrected chi connectivity index (χ1v) is 11.8. The third-order valence-electron chi connectivity index (χ3n) is 5.93. The van der Waals surface area contributed by atoms with Crippen molar-refractivity contribution in [3.05, 3.63) is 77.6 Å². The third kappa shape index (κ3) is 6.01. The maximum absolute atomic E-state index is 15.2. The van der Waals surface area contributed by atoms with E-state index in [9.17, 15) is 9.59 Å². The largest absolute Gasteiger partial charge is 0.497 e. The number of rotatable bonds is 8. The Balaban J connectivity index is 1.59. The fourth-order valence-electron chi connectivity index (χ4n) is 4.11. The molecular weight excluding hydrogens is 463 g/mol. The Morgan fingerprint density at radius 1 is 1.06 bits per heavy atom. The van der Waals surface area contributed by atoms with Crippen LogP contribution in [-0.4, -0.2) is 51.9 Å². The highest BCUT2D eigenvalue weighted by atomic mass is 19.1. The molecule has 1 aliphatic heterocycles. The summed E-state index contributed by atoms with van der Waals surface area (Å²) in [5, 5.41) is 2.67. The molecule has 0 spiro atoms. The van der Waals surface area contributed by atoms with Crippen LogP contribution in [0.15, 0.2) is 60.7 Å². The van der Waals surface area contributed by atoms with Gasteiger partial charge in [-0.2, -0.15) is 0 Å². The molecule has 1 fully saturated rings. The lowest BCUT2D eigenvalue weighted by Crippen LogP contribution is -2.36. The molecule has 0 atom stereocenters. The zero-order valence-corrected chi connectivity index (χ0v) is 20.4. The molecule has 0 aliphatic carbocycles. The van der Waals surface area contributed by atoms with Crippen LogP contribution in [0.5, 0.6) is 5.75 Å². The highest BCUT2D eigenvalue weighted by molar-refractivity contribution is 6.03. The molecule has 1 saturated heterocycles. The van der Waals surface area contributed by atoms with Gasteiger partial charge in [0.2, 0.25) is 5.91 Å². The predicted molar refractivity (Wildman–Crippen MR) is 136 cm³/mol. The number of ether oxygens (including phenoxy) is 3. The van der Waals surface area contributed by atoms with Gasteiger partial charge in [0.25, 0.3) is 0 Å². The normalized spacial score (nSPS) is 13.2. The summed E-state index contributed by atoms with van der Waals surface area (Å²) in [5.74, 6) is -0.961. The topological polar surface area (TPSA) is 77.1 Å². The monoisotopic (exact) mass is 492 g/mol. The molecule has 0 saturated carbocycles. The SMILES string of the molecule is CCOC(=O)c1cc(-c2ccc(N3CCOCC3)cc2)c(F)cc1NC(=O)Cc1cccc(OC)c1. The number of halogens is 1. The Labute approximate surface area is 209 Å². The number of nitrogens with zero attached hydrogens (tertiary/aromatic N) is 1. The molecule has 3 aromatic carbocycles. The Bertz CT molecular complexity index is 1220. The number of benzene rings is 3. The van der Waals surface area contributed by atoms with Crippen LogP contribution < -0.4 is 15.0 Å². The quantitative estimate of drug-likeness (QED) is 0.460. The van der Waals surface area contributed by atoms with Crippen molar-refractivity contribution in [2.75, 3.05) is 50.2 Å². The number of hydrogen-bond donors (Lipinski definition) is 1. The van der Waals surface area contributed by atoms with Crippen molar-refractivity contribution in [3.8, 4) is 16.9 Å². The van der Waals surface area contributed by atoms with Crippen LogP contribution in [0.25, 0.3) is 11.1 Å². The molecule has 1 amide bonds. The number of morpholine rings is 1. The molecule has 0 aromatic heterocycles. The number of hydrogen-bond acceptors (Lipinski definition) is 6. The van der Waals surface area contributed by atoms with E-state index in [1.54, 1.807) is 38.3 Å². The van der Waals surface area contributed by atoms with Crippen molar-refractivity contribution in [1.29, 1.82) is 0 Å². The molecule has 1 heterocycles. The van der Waals surface area contributed by atoms with E-state index >= 15 is 4.39 Å². The van der Waals surface area contributed by atoms with Gasteiger partial charge in [-0.25, -0.2) is 9.18 Å². The maximum Gasteiger partial charge on any atom is 0.340 e. The fourth-order valence-corrected chi connectivity index (χ4v) is 4.11. The van der Waals surface area contributed by atoms with Crippen molar-refractivity contribution in [1.82, 2.24) is 0 Å². The molecule has 4 rings (SSSR count). The molecule has 3 aromatic rings. The average molecular weight is 493 g/mol. The summed E-state index contributed by atoms with van der Waals surface area (Å²) in [6, 6.07) is 17.2. The summed E-state index contributed by atoms with van der Waals surface area (Å²) >= 11 is 0. The van der Waals surface area contributed by atoms with Crippen LogP contribution in [0.3, 0.4) is 0 Å². The number of nitrogens with one attached hydrogen (secondary N) is 1. The molecule has 0 unspecified atom stereocenters. The fraction of sp³-hybridized carbons (Fsp3) is 0.286. The number of carbonyl (C=O) groups is 2. The van der Waals surface area contributed by atoms with E-state index in [0.29, 0.717) is 24.5 Å². The smallest absolute Gasteiger partial charge is 0.340 e. The summed E-state index contributed by atoms with van der Waals surface area (Å²) in [6.45, 7) is 4.77. The van der Waals surface area contributed by atoms with E-state index in [1.807, 2.05) is 24.3 Å². The van der Waals surface area contributed by atoms with E-state index in [2.05, 4.69) is 10.2 Å². The van der Waals surface area contributed by atoms with Crippen LogP contribution in [0.4, 0.5) is 15.8 Å². The first-order valence-electron chi connectivity index (χ1n) is 11.8. The minimum atomic E-state index is -0.639. The van der Waals surface area contributed by atoms with Gasteiger partial charge in [0.15, 0.2) is 0 Å². The van der Waals surface area contributed by atoms with Gasteiger partial charge in [0, 0.05) is 24.3 Å². The van der Waals surface area contributed by atoms with Crippen molar-refractivity contribution in [2.24, 2.45) is 0 Å². The standard InChI is InChI=1S/C28H29FN2O5/c1-3-36-28(33)24-17-23(20-7-9-21(10-8-20)31-11-13-35-14-12-31)25(29)18-26(24)30-27(32)16-19-5-4-6-22(15-19)34-2/h4-10,15,17-18H,3,11-14,16H2,1-2H3,(H,30,32). The second kappa shape index (κ2) is 11.7. The zero-order chi connectivity index (χ0) is 25.5. The van der Waals surface area contributed by atoms with E-state index in [1.165, 1.54) is 12.1 Å². The number of methoxy groups -OCH3 is 1. The summed E-state index contributed by atoms with van der Waals surface area (Å²) in [7, 11) is 1.55. The van der Waals surface area contributed by atoms with Gasteiger partial charge in [0.05, 0.1) is 44.6 Å². The molecule has 0 radical (unpaired) electrons. The van der Waals surface area contributed by atoms with Gasteiger partial charge in [-0.3, -0.25) is 4.79 Å². The Morgan fingerprint density at radius 2 is 1.81 bits per heavy atom. The number of anilines is 2. The van der Waals surface area contributed by atoms with Gasteiger partial charge in [0.1, 0.15) is 11.6 Å². The highest BCUT2D eigenvalue weighted by Gasteiger charge is 2.20. The van der Waals surface area contributed by atoms with Gasteiger partial charge in [-0.05, 0) is 54.4 Å². The lowest BCUT2D eigenvalue weighted by atomic mass is 10.00. The Morgan fingerprint density at radius 3 is 2.50 bits per heavy atom. The van der Waals surface area contributed by atoms with Crippen molar-refractivity contribution < 1.29 is 28.2 Å². The van der Waals surface area contributed by atoms with Gasteiger partial charge in [-0.15, -0.1) is 0 Å². The maximum atomic E-state index is 15.2. The van der Waals surface area contributed by atoms with Crippen LogP contribution >= 0.6 is 0 Å². The third-order valence-corrected chi connectivity index (χ3v) is 5.93. The van der Waals surface area contributed by atoms with Crippen LogP contribution in [0.2, 0.25) is 0 Å². The number of carbonyl (C=O) groups excluding carboxylic acids is 2. The molecule has 188 valence electrons. The minimum absolute atomic E-state index is 0.0336. The van der Waals surface area contributed by atoms with Crippen LogP contribution in [-0.2, 0) is 20.7 Å². The van der Waals surface area contributed by atoms with Gasteiger partial charge < -0.3 is 24.4 Å². The van der Waals surface area contributed by atoms with E-state index in [0.717, 1.165) is 24.3 Å². The molecule has 8 heteroatoms. The summed E-state index contributed by atoms with van der Waals surface area (Å²) in [4.78, 5) is 27.6. The minimum Gasteiger partial charge on any atom is -0.497 e. The summed E-state index contributed by atoms with van der Waals surface area (Å²) < 4.78 is 31.0. The second-order valence-electron chi connectivity index (χ2n) is 8.32. The van der Waals surface area contributed by atoms with Crippen LogP contribution in [0.1, 0.15) is 22.8 Å². The van der Waals surface area contributed by atoms with Gasteiger partial charge in [-0.1, -0.05) is 24.3 Å².